The lowest BCUT2D eigenvalue weighted by Gasteiger charge is -2.35. The topological polar surface area (TPSA) is 125 Å². The predicted octanol–water partition coefficient (Wildman–Crippen LogP) is 3.96. The summed E-state index contributed by atoms with van der Waals surface area (Å²) in [6.07, 6.45) is -1.09. The van der Waals surface area contributed by atoms with E-state index in [1.54, 1.807) is 25.7 Å². The molecule has 2 fully saturated rings. The minimum Gasteiger partial charge on any atom is -0.375 e. The number of carbonyl (C=O) groups excluding carboxylic acids is 1. The van der Waals surface area contributed by atoms with E-state index in [0.29, 0.717) is 20.0 Å². The highest BCUT2D eigenvalue weighted by Gasteiger charge is 2.53. The maximum absolute atomic E-state index is 13.5. The smallest absolute Gasteiger partial charge is 0.375 e. The summed E-state index contributed by atoms with van der Waals surface area (Å²) in [5.41, 5.74) is -4.34. The van der Waals surface area contributed by atoms with Crippen molar-refractivity contribution in [3.63, 3.8) is 0 Å². The van der Waals surface area contributed by atoms with Gasteiger partial charge in [0.05, 0.1) is 11.3 Å². The maximum atomic E-state index is 13.5. The van der Waals surface area contributed by atoms with Crippen molar-refractivity contribution < 1.29 is 31.5 Å². The molecular formula is C25H32F3N5O4S. The number of sulfonamides is 1. The van der Waals surface area contributed by atoms with Crippen LogP contribution >= 0.6 is 0 Å². The number of piperidine rings is 1. The van der Waals surface area contributed by atoms with Crippen LogP contribution in [0.15, 0.2) is 35.4 Å². The number of hydrogen-bond acceptors (Lipinski definition) is 7. The van der Waals surface area contributed by atoms with Gasteiger partial charge in [0.1, 0.15) is 11.6 Å². The zero-order valence-corrected chi connectivity index (χ0v) is 22.5. The van der Waals surface area contributed by atoms with Crippen molar-refractivity contribution in [2.75, 3.05) is 23.3 Å². The first-order chi connectivity index (χ1) is 17.4. The molecule has 1 saturated heterocycles. The quantitative estimate of drug-likeness (QED) is 0.493. The van der Waals surface area contributed by atoms with Crippen LogP contribution in [0.25, 0.3) is 0 Å². The van der Waals surface area contributed by atoms with Crippen LogP contribution in [0.3, 0.4) is 0 Å². The Hall–Kier alpha value is -2.77. The standard InChI is InChI=1S/C25H32F3N5O4S/c1-22(2,3)32-38(36,37)19-7-5-6-18(30-19)31-21(34)16-8-9-17(23(4,35)25(26,27)28)29-20(16)33-14-12-24(10-11-24)13-15-33/h5-9,32,35H,10-15H2,1-4H3,(H,30,31,34)/t23-/m1/s1. The summed E-state index contributed by atoms with van der Waals surface area (Å²) in [4.78, 5) is 23.2. The molecular weight excluding hydrogens is 523 g/mol. The van der Waals surface area contributed by atoms with E-state index in [1.807, 2.05) is 0 Å². The summed E-state index contributed by atoms with van der Waals surface area (Å²) in [5, 5.41) is 12.4. The number of anilines is 2. The Labute approximate surface area is 219 Å². The number of rotatable bonds is 6. The Morgan fingerprint density at radius 2 is 1.63 bits per heavy atom. The molecule has 13 heteroatoms. The minimum atomic E-state index is -4.97. The van der Waals surface area contributed by atoms with Crippen LogP contribution in [-0.2, 0) is 15.6 Å². The number of amides is 1. The predicted molar refractivity (Wildman–Crippen MR) is 135 cm³/mol. The van der Waals surface area contributed by atoms with Crippen molar-refractivity contribution in [1.82, 2.24) is 14.7 Å². The van der Waals surface area contributed by atoms with Crippen LogP contribution in [0.4, 0.5) is 24.8 Å². The highest BCUT2D eigenvalue weighted by atomic mass is 32.2. The highest BCUT2D eigenvalue weighted by molar-refractivity contribution is 7.89. The molecule has 4 rings (SSSR count). The number of alkyl halides is 3. The summed E-state index contributed by atoms with van der Waals surface area (Å²) < 4.78 is 68.4. The van der Waals surface area contributed by atoms with E-state index in [0.717, 1.165) is 31.7 Å². The van der Waals surface area contributed by atoms with Crippen LogP contribution in [0.1, 0.15) is 69.4 Å². The lowest BCUT2D eigenvalue weighted by molar-refractivity contribution is -0.260. The van der Waals surface area contributed by atoms with Gasteiger partial charge < -0.3 is 15.3 Å². The zero-order valence-electron chi connectivity index (χ0n) is 21.7. The van der Waals surface area contributed by atoms with Crippen molar-refractivity contribution in [3.8, 4) is 0 Å². The molecule has 1 atom stereocenters. The molecule has 1 saturated carbocycles. The van der Waals surface area contributed by atoms with E-state index in [1.165, 1.54) is 24.3 Å². The molecule has 9 nitrogen and oxygen atoms in total. The van der Waals surface area contributed by atoms with Crippen molar-refractivity contribution >= 4 is 27.6 Å². The molecule has 0 unspecified atom stereocenters. The molecule has 2 aliphatic rings. The number of halogens is 3. The average Bonchev–Trinajstić information content (AvgIpc) is 3.55. The van der Waals surface area contributed by atoms with Crippen LogP contribution in [0.2, 0.25) is 0 Å². The van der Waals surface area contributed by atoms with Crippen molar-refractivity contribution in [3.05, 3.63) is 41.6 Å². The Balaban J connectivity index is 1.65. The first kappa shape index (κ1) is 28.2. The van der Waals surface area contributed by atoms with Gasteiger partial charge in [0, 0.05) is 18.6 Å². The summed E-state index contributed by atoms with van der Waals surface area (Å²) in [5.74, 6) is -0.749. The van der Waals surface area contributed by atoms with Gasteiger partial charge in [-0.05, 0) is 83.1 Å². The fraction of sp³-hybridized carbons (Fsp3) is 0.560. The van der Waals surface area contributed by atoms with Crippen LogP contribution in [0.5, 0.6) is 0 Å². The van der Waals surface area contributed by atoms with E-state index >= 15 is 0 Å². The van der Waals surface area contributed by atoms with Crippen LogP contribution < -0.4 is 14.9 Å². The third-order valence-corrected chi connectivity index (χ3v) is 8.59. The summed E-state index contributed by atoms with van der Waals surface area (Å²) >= 11 is 0. The number of carbonyl (C=O) groups is 1. The summed E-state index contributed by atoms with van der Waals surface area (Å²) in [6, 6.07) is 6.27. The molecule has 1 aliphatic heterocycles. The lowest BCUT2D eigenvalue weighted by atomic mass is 9.93. The Bertz CT molecular complexity index is 1330. The van der Waals surface area contributed by atoms with Gasteiger partial charge in [0.2, 0.25) is 0 Å². The van der Waals surface area contributed by atoms with Crippen molar-refractivity contribution in [2.24, 2.45) is 5.41 Å². The Morgan fingerprint density at radius 1 is 1.00 bits per heavy atom. The second-order valence-corrected chi connectivity index (χ2v) is 12.9. The molecule has 0 radical (unpaired) electrons. The number of aliphatic hydroxyl groups is 1. The number of aromatic nitrogens is 2. The lowest BCUT2D eigenvalue weighted by Crippen LogP contribution is -2.41. The van der Waals surface area contributed by atoms with E-state index in [9.17, 15) is 31.5 Å². The average molecular weight is 556 g/mol. The third-order valence-electron chi connectivity index (χ3n) is 6.93. The van der Waals surface area contributed by atoms with Gasteiger partial charge in [0.15, 0.2) is 10.6 Å². The van der Waals surface area contributed by atoms with Crippen molar-refractivity contribution in [2.45, 2.75) is 75.7 Å². The molecule has 38 heavy (non-hydrogen) atoms. The van der Waals surface area contributed by atoms with Gasteiger partial charge in [-0.15, -0.1) is 0 Å². The van der Waals surface area contributed by atoms with Crippen molar-refractivity contribution in [1.29, 1.82) is 0 Å². The molecule has 3 N–H and O–H groups in total. The Kier molecular flexibility index (Phi) is 7.03. The zero-order chi connectivity index (χ0) is 28.1. The molecule has 0 aromatic carbocycles. The minimum absolute atomic E-state index is 0.0126. The molecule has 2 aromatic heterocycles. The van der Waals surface area contributed by atoms with E-state index in [4.69, 9.17) is 0 Å². The Morgan fingerprint density at radius 3 is 2.18 bits per heavy atom. The largest absolute Gasteiger partial charge is 0.422 e. The molecule has 3 heterocycles. The van der Waals surface area contributed by atoms with Gasteiger partial charge in [-0.25, -0.2) is 23.1 Å². The first-order valence-corrected chi connectivity index (χ1v) is 13.8. The van der Waals surface area contributed by atoms with Crippen LogP contribution in [0, 0.1) is 5.41 Å². The number of pyridine rings is 2. The maximum Gasteiger partial charge on any atom is 0.422 e. The summed E-state index contributed by atoms with van der Waals surface area (Å²) in [7, 11) is -3.97. The SMILES string of the molecule is CC(C)(C)NS(=O)(=O)c1cccc(NC(=O)c2ccc([C@@](C)(O)C(F)(F)F)nc2N2CCC3(CC2)CC3)n1. The molecule has 0 bridgehead atoms. The van der Waals surface area contributed by atoms with Crippen LogP contribution in [-0.4, -0.2) is 54.2 Å². The molecule has 208 valence electrons. The molecule has 2 aromatic rings. The third kappa shape index (κ3) is 5.94. The second kappa shape index (κ2) is 9.45. The van der Waals surface area contributed by atoms with Gasteiger partial charge in [-0.2, -0.15) is 13.2 Å². The van der Waals surface area contributed by atoms with Gasteiger partial charge >= 0.3 is 6.18 Å². The second-order valence-electron chi connectivity index (χ2n) is 11.3. The van der Waals surface area contributed by atoms with E-state index in [2.05, 4.69) is 20.0 Å². The normalized spacial score (nSPS) is 19.2. The van der Waals surface area contributed by atoms with E-state index in [-0.39, 0.29) is 27.6 Å². The molecule has 1 amide bonds. The molecule has 1 spiro atoms. The fourth-order valence-corrected chi connectivity index (χ4v) is 5.81. The van der Waals surface area contributed by atoms with Gasteiger partial charge in [-0.3, -0.25) is 4.79 Å². The number of nitrogens with zero attached hydrogens (tertiary/aromatic N) is 3. The number of hydrogen-bond donors (Lipinski definition) is 3. The van der Waals surface area contributed by atoms with E-state index < -0.39 is 38.9 Å². The van der Waals surface area contributed by atoms with Gasteiger partial charge in [-0.1, -0.05) is 6.07 Å². The highest BCUT2D eigenvalue weighted by Crippen LogP contribution is 2.54. The fourth-order valence-electron chi connectivity index (χ4n) is 4.43. The molecule has 1 aliphatic carbocycles. The first-order valence-electron chi connectivity index (χ1n) is 12.3. The summed E-state index contributed by atoms with van der Waals surface area (Å²) in [6.45, 7) is 6.67. The van der Waals surface area contributed by atoms with Gasteiger partial charge in [0.25, 0.3) is 15.9 Å². The number of nitrogens with one attached hydrogen (secondary N) is 2. The monoisotopic (exact) mass is 555 g/mol.